The molecule has 2 N–H and O–H groups in total. The van der Waals surface area contributed by atoms with Gasteiger partial charge in [0, 0.05) is 23.0 Å². The van der Waals surface area contributed by atoms with Gasteiger partial charge in [-0.1, -0.05) is 35.9 Å². The molecule has 1 heterocycles. The lowest BCUT2D eigenvalue weighted by Gasteiger charge is -2.25. The van der Waals surface area contributed by atoms with Crippen molar-refractivity contribution < 1.29 is 32.1 Å². The zero-order valence-corrected chi connectivity index (χ0v) is 23.0. The van der Waals surface area contributed by atoms with Gasteiger partial charge in [0.15, 0.2) is 11.6 Å². The third-order valence-corrected chi connectivity index (χ3v) is 8.13. The van der Waals surface area contributed by atoms with Crippen molar-refractivity contribution in [2.45, 2.75) is 18.5 Å². The molecule has 1 saturated heterocycles. The first-order chi connectivity index (χ1) is 18.4. The summed E-state index contributed by atoms with van der Waals surface area (Å²) in [7, 11) is -1.42. The molecule has 0 radical (unpaired) electrons. The van der Waals surface area contributed by atoms with Gasteiger partial charge in [0.05, 0.1) is 24.0 Å². The van der Waals surface area contributed by atoms with Gasteiger partial charge in [-0.05, 0) is 55.6 Å². The molecule has 3 aromatic carbocycles. The van der Waals surface area contributed by atoms with E-state index >= 15 is 8.78 Å². The predicted octanol–water partition coefficient (Wildman–Crippen LogP) is 5.61. The van der Waals surface area contributed by atoms with E-state index in [1.165, 1.54) is 44.7 Å². The Bertz CT molecular complexity index is 1480. The molecule has 0 bridgehead atoms. The Labute approximate surface area is 228 Å². The third kappa shape index (κ3) is 5.98. The zero-order chi connectivity index (χ0) is 28.5. The summed E-state index contributed by atoms with van der Waals surface area (Å²) in [6.07, 6.45) is 0.0314. The van der Waals surface area contributed by atoms with E-state index in [9.17, 15) is 18.5 Å². The van der Waals surface area contributed by atoms with Crippen molar-refractivity contribution in [2.24, 2.45) is 0 Å². The molecule has 3 aromatic rings. The van der Waals surface area contributed by atoms with E-state index in [0.29, 0.717) is 10.9 Å². The highest BCUT2D eigenvalue weighted by Crippen LogP contribution is 2.41. The van der Waals surface area contributed by atoms with Gasteiger partial charge in [0.2, 0.25) is 5.91 Å². The molecule has 0 aromatic heterocycles. The Kier molecular flexibility index (Phi) is 8.39. The number of ether oxygens (including phenoxy) is 1. The van der Waals surface area contributed by atoms with Crippen molar-refractivity contribution >= 4 is 47.4 Å². The minimum Gasteiger partial charge on any atom is -0.383 e. The van der Waals surface area contributed by atoms with Gasteiger partial charge in [-0.25, -0.2) is 18.0 Å². The smallest absolute Gasteiger partial charge is 0.319 e. The minimum absolute atomic E-state index is 0.0160. The summed E-state index contributed by atoms with van der Waals surface area (Å²) >= 11 is 5.73. The van der Waals surface area contributed by atoms with Gasteiger partial charge in [0.1, 0.15) is 19.0 Å². The number of urea groups is 1. The number of methoxy groups -OCH3 is 1. The molecule has 1 aliphatic rings. The van der Waals surface area contributed by atoms with Gasteiger partial charge in [-0.3, -0.25) is 4.79 Å². The fourth-order valence-electron chi connectivity index (χ4n) is 4.61. The Morgan fingerprint density at radius 3 is 2.46 bits per heavy atom. The van der Waals surface area contributed by atoms with Crippen LogP contribution in [0.15, 0.2) is 54.6 Å². The number of carbonyl (C=O) groups excluding carboxylic acids is 2. The molecule has 0 saturated carbocycles. The minimum atomic E-state index is -2.82. The summed E-state index contributed by atoms with van der Waals surface area (Å²) in [5, 5.41) is 5.31. The zero-order valence-electron chi connectivity index (χ0n) is 21.3. The number of carbonyl (C=O) groups is 2. The summed E-state index contributed by atoms with van der Waals surface area (Å²) < 4.78 is 63.0. The number of hydrogen-bond donors (Lipinski definition) is 2. The van der Waals surface area contributed by atoms with Crippen LogP contribution in [-0.4, -0.2) is 51.1 Å². The lowest BCUT2D eigenvalue weighted by molar-refractivity contribution is -0.118. The second-order valence-corrected chi connectivity index (χ2v) is 13.1. The molecule has 4 rings (SSSR count). The summed E-state index contributed by atoms with van der Waals surface area (Å²) in [6, 6.07) is 10.0. The number of hydrogen-bond acceptors (Lipinski definition) is 4. The molecular formula is C27H26ClF3N3O4P. The fourth-order valence-corrected chi connectivity index (χ4v) is 5.99. The molecular weight excluding hydrogens is 554 g/mol. The number of nitrogens with one attached hydrogen (secondary N) is 2. The average Bonchev–Trinajstić information content (AvgIpc) is 3.16. The van der Waals surface area contributed by atoms with E-state index in [1.54, 1.807) is 24.3 Å². The summed E-state index contributed by atoms with van der Waals surface area (Å²) in [5.41, 5.74) is -0.281. The van der Waals surface area contributed by atoms with Crippen molar-refractivity contribution in [1.82, 2.24) is 5.32 Å². The first kappa shape index (κ1) is 28.7. The number of rotatable bonds is 7. The van der Waals surface area contributed by atoms with Crippen molar-refractivity contribution in [3.8, 4) is 11.1 Å². The fraction of sp³-hybridized carbons (Fsp3) is 0.259. The third-order valence-electron chi connectivity index (χ3n) is 6.35. The normalized spacial score (nSPS) is 17.4. The quantitative estimate of drug-likeness (QED) is 0.356. The van der Waals surface area contributed by atoms with E-state index in [2.05, 4.69) is 10.6 Å². The van der Waals surface area contributed by atoms with Crippen molar-refractivity contribution in [1.29, 1.82) is 0 Å². The SMILES string of the molecule is COC[C@@H]1C[C@@H](NC(=O)Nc2ccc(Cl)cc2F)C(=O)N1c1ccc(-c2ccccc2P(C)(C)=O)c(F)c1F. The molecule has 1 aliphatic heterocycles. The maximum Gasteiger partial charge on any atom is 0.319 e. The maximum absolute atomic E-state index is 15.5. The van der Waals surface area contributed by atoms with Gasteiger partial charge in [-0.2, -0.15) is 0 Å². The van der Waals surface area contributed by atoms with Crippen molar-refractivity contribution in [3.63, 3.8) is 0 Å². The van der Waals surface area contributed by atoms with Crippen LogP contribution in [-0.2, 0) is 14.1 Å². The number of benzene rings is 3. The van der Waals surface area contributed by atoms with Crippen LogP contribution in [0.1, 0.15) is 6.42 Å². The largest absolute Gasteiger partial charge is 0.383 e. The van der Waals surface area contributed by atoms with Crippen LogP contribution in [0.4, 0.5) is 29.3 Å². The standard InChI is InChI=1S/C27H26ClF3N3O4P/c1-38-14-16-13-21(33-27(36)32-20-10-8-15(28)12-19(20)29)26(35)34(16)22-11-9-18(24(30)25(22)31)17-6-4-5-7-23(17)39(2,3)37/h4-12,16,21H,13-14H2,1-3H3,(H2,32,33,36)/t16-,21+/m0/s1. The topological polar surface area (TPSA) is 87.7 Å². The molecule has 0 spiro atoms. The first-order valence-corrected chi connectivity index (χ1v) is 14.9. The van der Waals surface area contributed by atoms with Crippen LogP contribution in [0.5, 0.6) is 0 Å². The Morgan fingerprint density at radius 2 is 1.79 bits per heavy atom. The molecule has 0 aliphatic carbocycles. The summed E-state index contributed by atoms with van der Waals surface area (Å²) in [4.78, 5) is 26.9. The highest BCUT2D eigenvalue weighted by Gasteiger charge is 2.43. The van der Waals surface area contributed by atoms with Gasteiger partial charge >= 0.3 is 6.03 Å². The van der Waals surface area contributed by atoms with E-state index in [4.69, 9.17) is 16.3 Å². The molecule has 206 valence electrons. The van der Waals surface area contributed by atoms with Crippen molar-refractivity contribution in [2.75, 3.05) is 37.3 Å². The average molecular weight is 580 g/mol. The summed E-state index contributed by atoms with van der Waals surface area (Å²) in [5.74, 6) is -3.94. The molecule has 1 fully saturated rings. The van der Waals surface area contributed by atoms with Crippen LogP contribution in [0.2, 0.25) is 5.02 Å². The maximum atomic E-state index is 15.5. The van der Waals surface area contributed by atoms with Crippen LogP contribution >= 0.6 is 18.7 Å². The molecule has 7 nitrogen and oxygen atoms in total. The first-order valence-electron chi connectivity index (χ1n) is 11.9. The Morgan fingerprint density at radius 1 is 1.08 bits per heavy atom. The van der Waals surface area contributed by atoms with E-state index in [1.807, 2.05) is 0 Å². The number of anilines is 2. The van der Waals surface area contributed by atoms with Crippen LogP contribution in [0.3, 0.4) is 0 Å². The number of halogens is 4. The second-order valence-electron chi connectivity index (χ2n) is 9.46. The molecule has 12 heteroatoms. The van der Waals surface area contributed by atoms with E-state index in [0.717, 1.165) is 11.0 Å². The Balaban J connectivity index is 1.62. The molecule has 0 unspecified atom stereocenters. The second kappa shape index (κ2) is 11.4. The lowest BCUT2D eigenvalue weighted by Crippen LogP contribution is -2.44. The van der Waals surface area contributed by atoms with Gasteiger partial charge < -0.3 is 24.8 Å². The predicted molar refractivity (Wildman–Crippen MR) is 146 cm³/mol. The van der Waals surface area contributed by atoms with Gasteiger partial charge in [0.25, 0.3) is 0 Å². The van der Waals surface area contributed by atoms with E-state index < -0.39 is 48.6 Å². The van der Waals surface area contributed by atoms with Crippen molar-refractivity contribution in [3.05, 3.63) is 77.1 Å². The highest BCUT2D eigenvalue weighted by atomic mass is 35.5. The van der Waals surface area contributed by atoms with Crippen LogP contribution in [0, 0.1) is 17.5 Å². The summed E-state index contributed by atoms with van der Waals surface area (Å²) in [6.45, 7) is 3.06. The lowest BCUT2D eigenvalue weighted by atomic mass is 10.0. The van der Waals surface area contributed by atoms with Crippen LogP contribution in [0.25, 0.3) is 11.1 Å². The number of amides is 3. The molecule has 39 heavy (non-hydrogen) atoms. The molecule has 2 atom stereocenters. The van der Waals surface area contributed by atoms with Gasteiger partial charge in [-0.15, -0.1) is 0 Å². The number of nitrogens with zero attached hydrogens (tertiary/aromatic N) is 1. The molecule has 3 amide bonds. The monoisotopic (exact) mass is 579 g/mol. The highest BCUT2D eigenvalue weighted by molar-refractivity contribution is 7.70. The van der Waals surface area contributed by atoms with E-state index in [-0.39, 0.29) is 35.0 Å². The Hall–Kier alpha value is -3.33. The van der Waals surface area contributed by atoms with Crippen LogP contribution < -0.4 is 20.8 Å².